The zero-order chi connectivity index (χ0) is 24.7. The zero-order valence-corrected chi connectivity index (χ0v) is 17.5. The van der Waals surface area contributed by atoms with Gasteiger partial charge in [-0.25, -0.2) is 4.79 Å². The van der Waals surface area contributed by atoms with Crippen LogP contribution in [0.3, 0.4) is 0 Å². The lowest BCUT2D eigenvalue weighted by Crippen LogP contribution is -2.16. The Morgan fingerprint density at radius 3 is 2.18 bits per heavy atom. The molecule has 2 N–H and O–H groups in total. The topological polar surface area (TPSA) is 71.6 Å². The molecule has 0 saturated heterocycles. The van der Waals surface area contributed by atoms with Crippen LogP contribution in [0.25, 0.3) is 10.9 Å². The molecule has 11 heteroatoms. The van der Waals surface area contributed by atoms with E-state index in [9.17, 15) is 31.1 Å². The van der Waals surface area contributed by atoms with Gasteiger partial charge in [-0.2, -0.15) is 26.3 Å². The van der Waals surface area contributed by atoms with Crippen LogP contribution in [0, 0.1) is 5.92 Å². The smallest absolute Gasteiger partial charge is 0.420 e. The Hall–Kier alpha value is -3.37. The molecule has 34 heavy (non-hydrogen) atoms. The molecule has 2 aromatic carbocycles. The fourth-order valence-corrected chi connectivity index (χ4v) is 3.88. The van der Waals surface area contributed by atoms with Crippen LogP contribution in [0.2, 0.25) is 0 Å². The van der Waals surface area contributed by atoms with Gasteiger partial charge < -0.3 is 19.6 Å². The second-order valence-corrected chi connectivity index (χ2v) is 8.15. The molecule has 0 atom stereocenters. The highest BCUT2D eigenvalue weighted by Crippen LogP contribution is 2.48. The average Bonchev–Trinajstić information content (AvgIpc) is 3.10. The van der Waals surface area contributed by atoms with Crippen LogP contribution in [-0.2, 0) is 23.6 Å². The molecule has 1 aromatic heterocycles. The number of hydrogen-bond donors (Lipinski definition) is 2. The van der Waals surface area contributed by atoms with Gasteiger partial charge in [-0.1, -0.05) is 19.3 Å². The SMILES string of the molecule is O=C(O)COc1cc(C(F)(F)F)c(Oc2ccc3[nH]cc(CC4CCC4)c3c2)c(C(F)(F)F)c1. The first kappa shape index (κ1) is 23.8. The van der Waals surface area contributed by atoms with E-state index in [0.29, 0.717) is 29.0 Å². The maximum absolute atomic E-state index is 13.7. The van der Waals surface area contributed by atoms with E-state index in [1.165, 1.54) is 18.2 Å². The summed E-state index contributed by atoms with van der Waals surface area (Å²) < 4.78 is 92.2. The first-order chi connectivity index (χ1) is 15.9. The minimum Gasteiger partial charge on any atom is -0.482 e. The van der Waals surface area contributed by atoms with E-state index in [0.717, 1.165) is 31.2 Å². The molecule has 182 valence electrons. The van der Waals surface area contributed by atoms with E-state index in [1.54, 1.807) is 6.20 Å². The van der Waals surface area contributed by atoms with E-state index in [-0.39, 0.29) is 5.75 Å². The summed E-state index contributed by atoms with van der Waals surface area (Å²) in [7, 11) is 0. The summed E-state index contributed by atoms with van der Waals surface area (Å²) in [6.07, 6.45) is -4.65. The number of carboxylic acids is 1. The van der Waals surface area contributed by atoms with Gasteiger partial charge in [0, 0.05) is 17.1 Å². The maximum Gasteiger partial charge on any atom is 0.420 e. The normalized spacial score (nSPS) is 14.8. The first-order valence-corrected chi connectivity index (χ1v) is 10.4. The molecule has 0 aliphatic heterocycles. The van der Waals surface area contributed by atoms with Crippen LogP contribution in [-0.4, -0.2) is 22.7 Å². The predicted molar refractivity (Wildman–Crippen MR) is 109 cm³/mol. The number of carbonyl (C=O) groups is 1. The molecule has 0 amide bonds. The molecule has 5 nitrogen and oxygen atoms in total. The number of aromatic amines is 1. The standard InChI is InChI=1S/C23H19F6NO4/c24-22(25,26)17-8-15(33-11-20(31)32)9-18(23(27,28)29)21(17)34-14-4-5-19-16(7-14)13(10-30-19)6-12-2-1-3-12/h4-5,7-10,12,30H,1-3,6,11H2,(H,31,32). The number of hydrogen-bond acceptors (Lipinski definition) is 3. The highest BCUT2D eigenvalue weighted by molar-refractivity contribution is 5.84. The minimum absolute atomic E-state index is 0.197. The summed E-state index contributed by atoms with van der Waals surface area (Å²) in [5.74, 6) is -3.58. The number of benzene rings is 2. The molecule has 3 aromatic rings. The van der Waals surface area contributed by atoms with Crippen LogP contribution in [0.5, 0.6) is 17.2 Å². The Kier molecular flexibility index (Phi) is 6.13. The molecule has 1 aliphatic rings. The van der Waals surface area contributed by atoms with E-state index in [1.807, 2.05) is 0 Å². The predicted octanol–water partition coefficient (Wildman–Crippen LogP) is 6.80. The summed E-state index contributed by atoms with van der Waals surface area (Å²) in [4.78, 5) is 13.7. The van der Waals surface area contributed by atoms with Crippen molar-refractivity contribution in [1.82, 2.24) is 4.98 Å². The van der Waals surface area contributed by atoms with Crippen molar-refractivity contribution in [1.29, 1.82) is 0 Å². The van der Waals surface area contributed by atoms with E-state index in [2.05, 4.69) is 9.72 Å². The third-order valence-corrected chi connectivity index (χ3v) is 5.73. The highest BCUT2D eigenvalue weighted by atomic mass is 19.4. The van der Waals surface area contributed by atoms with E-state index < -0.39 is 47.6 Å². The number of carboxylic acid groups (broad SMARTS) is 1. The van der Waals surface area contributed by atoms with Gasteiger partial charge in [0.1, 0.15) is 22.6 Å². The zero-order valence-electron chi connectivity index (χ0n) is 17.5. The number of halogens is 6. The summed E-state index contributed by atoms with van der Waals surface area (Å²) in [5.41, 5.74) is -1.86. The summed E-state index contributed by atoms with van der Waals surface area (Å²) in [6, 6.07) is 4.81. The van der Waals surface area contributed by atoms with Crippen LogP contribution in [0.15, 0.2) is 36.5 Å². The van der Waals surface area contributed by atoms with Gasteiger partial charge in [-0.05, 0) is 48.2 Å². The third-order valence-electron chi connectivity index (χ3n) is 5.73. The van der Waals surface area contributed by atoms with E-state index >= 15 is 0 Å². The Labute approximate surface area is 189 Å². The van der Waals surface area contributed by atoms with Crippen molar-refractivity contribution < 1.29 is 45.7 Å². The van der Waals surface area contributed by atoms with Crippen molar-refractivity contribution in [2.24, 2.45) is 5.92 Å². The second kappa shape index (κ2) is 8.77. The van der Waals surface area contributed by atoms with Crippen molar-refractivity contribution in [3.63, 3.8) is 0 Å². The molecule has 0 spiro atoms. The molecule has 1 heterocycles. The lowest BCUT2D eigenvalue weighted by Gasteiger charge is -2.25. The largest absolute Gasteiger partial charge is 0.482 e. The number of aliphatic carboxylic acids is 1. The van der Waals surface area contributed by atoms with Crippen molar-refractivity contribution in [2.75, 3.05) is 6.61 Å². The monoisotopic (exact) mass is 487 g/mol. The third kappa shape index (κ3) is 5.07. The number of alkyl halides is 6. The molecule has 0 unspecified atom stereocenters. The van der Waals surface area contributed by atoms with Gasteiger partial charge in [-0.3, -0.25) is 0 Å². The second-order valence-electron chi connectivity index (χ2n) is 8.15. The molecule has 0 radical (unpaired) electrons. The van der Waals surface area contributed by atoms with Crippen molar-refractivity contribution >= 4 is 16.9 Å². The first-order valence-electron chi connectivity index (χ1n) is 10.4. The van der Waals surface area contributed by atoms with Crippen LogP contribution >= 0.6 is 0 Å². The Bertz CT molecular complexity index is 1180. The quantitative estimate of drug-likeness (QED) is 0.360. The molecule has 4 rings (SSSR count). The number of nitrogens with one attached hydrogen (secondary N) is 1. The number of rotatable bonds is 7. The average molecular weight is 487 g/mol. The molecular weight excluding hydrogens is 468 g/mol. The minimum atomic E-state index is -5.23. The molecular formula is C23H19F6NO4. The maximum atomic E-state index is 13.7. The Balaban J connectivity index is 1.77. The molecule has 1 fully saturated rings. The van der Waals surface area contributed by atoms with Crippen molar-refractivity contribution in [3.8, 4) is 17.2 Å². The van der Waals surface area contributed by atoms with Gasteiger partial charge in [0.2, 0.25) is 0 Å². The number of ether oxygens (including phenoxy) is 2. The van der Waals surface area contributed by atoms with Crippen molar-refractivity contribution in [3.05, 3.63) is 53.2 Å². The number of H-pyrrole nitrogens is 1. The summed E-state index contributed by atoms with van der Waals surface area (Å²) in [5, 5.41) is 9.31. The number of fused-ring (bicyclic) bond motifs is 1. The van der Waals surface area contributed by atoms with Gasteiger partial charge in [-0.15, -0.1) is 0 Å². The Morgan fingerprint density at radius 2 is 1.65 bits per heavy atom. The molecule has 1 saturated carbocycles. The van der Waals surface area contributed by atoms with Crippen LogP contribution < -0.4 is 9.47 Å². The van der Waals surface area contributed by atoms with Crippen LogP contribution in [0.4, 0.5) is 26.3 Å². The van der Waals surface area contributed by atoms with Crippen molar-refractivity contribution in [2.45, 2.75) is 38.0 Å². The highest BCUT2D eigenvalue weighted by Gasteiger charge is 2.43. The van der Waals surface area contributed by atoms with Crippen LogP contribution in [0.1, 0.15) is 36.0 Å². The molecule has 0 bridgehead atoms. The lowest BCUT2D eigenvalue weighted by atomic mass is 9.81. The fourth-order valence-electron chi connectivity index (χ4n) is 3.88. The van der Waals surface area contributed by atoms with Gasteiger partial charge in [0.25, 0.3) is 0 Å². The van der Waals surface area contributed by atoms with E-state index in [4.69, 9.17) is 9.84 Å². The van der Waals surface area contributed by atoms with Gasteiger partial charge >= 0.3 is 18.3 Å². The fraction of sp³-hybridized carbons (Fsp3) is 0.348. The summed E-state index contributed by atoms with van der Waals surface area (Å²) >= 11 is 0. The number of aromatic nitrogens is 1. The van der Waals surface area contributed by atoms with Gasteiger partial charge in [0.05, 0.1) is 0 Å². The lowest BCUT2D eigenvalue weighted by molar-refractivity contribution is -0.145. The Morgan fingerprint density at radius 1 is 1.00 bits per heavy atom. The molecule has 1 aliphatic carbocycles. The summed E-state index contributed by atoms with van der Waals surface area (Å²) in [6.45, 7) is -1.11. The van der Waals surface area contributed by atoms with Gasteiger partial charge in [0.15, 0.2) is 12.4 Å².